The summed E-state index contributed by atoms with van der Waals surface area (Å²) in [7, 11) is -3.34. The van der Waals surface area contributed by atoms with Crippen molar-refractivity contribution < 1.29 is 8.42 Å². The van der Waals surface area contributed by atoms with Crippen molar-refractivity contribution in [3.05, 3.63) is 27.7 Å². The van der Waals surface area contributed by atoms with Gasteiger partial charge >= 0.3 is 0 Å². The first-order chi connectivity index (χ1) is 8.99. The number of hydrogen-bond donors (Lipinski definition) is 1. The first-order valence-electron chi connectivity index (χ1n) is 6.46. The molecule has 1 aromatic carbocycles. The van der Waals surface area contributed by atoms with Crippen LogP contribution in [0.1, 0.15) is 37.3 Å². The van der Waals surface area contributed by atoms with E-state index in [4.69, 9.17) is 23.2 Å². The lowest BCUT2D eigenvalue weighted by atomic mass is 10.0. The SMILES string of the molecule is O=S1(=O)CCCC(NC2CC2)c2c(Cl)ccc(Cl)c21. The van der Waals surface area contributed by atoms with Crippen molar-refractivity contribution >= 4 is 33.0 Å². The predicted octanol–water partition coefficient (Wildman–Crippen LogP) is 3.35. The average molecular weight is 320 g/mol. The molecule has 0 amide bonds. The summed E-state index contributed by atoms with van der Waals surface area (Å²) in [6, 6.07) is 3.74. The highest BCUT2D eigenvalue weighted by molar-refractivity contribution is 7.91. The van der Waals surface area contributed by atoms with Gasteiger partial charge in [-0.3, -0.25) is 0 Å². The lowest BCUT2D eigenvalue weighted by Crippen LogP contribution is -2.24. The zero-order valence-electron chi connectivity index (χ0n) is 10.3. The number of sulfone groups is 1. The standard InChI is InChI=1S/C13H15Cl2NO2S/c14-9-5-6-10(15)13-12(9)11(16-8-3-4-8)2-1-7-19(13,17)18/h5-6,8,11,16H,1-4,7H2. The first kappa shape index (κ1) is 13.7. The minimum absolute atomic E-state index is 0.00836. The highest BCUT2D eigenvalue weighted by Crippen LogP contribution is 2.41. The van der Waals surface area contributed by atoms with Crippen molar-refractivity contribution in [2.24, 2.45) is 0 Å². The van der Waals surface area contributed by atoms with Crippen LogP contribution in [0.15, 0.2) is 17.0 Å². The molecule has 1 aliphatic heterocycles. The molecule has 6 heteroatoms. The van der Waals surface area contributed by atoms with Gasteiger partial charge in [0.25, 0.3) is 0 Å². The Bertz CT molecular complexity index is 611. The zero-order valence-corrected chi connectivity index (χ0v) is 12.7. The number of nitrogens with one attached hydrogen (secondary N) is 1. The van der Waals surface area contributed by atoms with Gasteiger partial charge in [0.05, 0.1) is 15.7 Å². The molecule has 1 unspecified atom stereocenters. The van der Waals surface area contributed by atoms with Gasteiger partial charge in [-0.25, -0.2) is 8.42 Å². The molecule has 2 aliphatic rings. The second kappa shape index (κ2) is 4.92. The summed E-state index contributed by atoms with van der Waals surface area (Å²) in [6.45, 7) is 0. The van der Waals surface area contributed by atoms with Crippen molar-refractivity contribution in [1.82, 2.24) is 5.32 Å². The molecule has 19 heavy (non-hydrogen) atoms. The minimum Gasteiger partial charge on any atom is -0.307 e. The van der Waals surface area contributed by atoms with E-state index in [2.05, 4.69) is 5.32 Å². The van der Waals surface area contributed by atoms with E-state index in [-0.39, 0.29) is 21.7 Å². The van der Waals surface area contributed by atoms with Crippen molar-refractivity contribution in [3.63, 3.8) is 0 Å². The van der Waals surface area contributed by atoms with Gasteiger partial charge in [0, 0.05) is 22.7 Å². The Balaban J connectivity index is 2.16. The van der Waals surface area contributed by atoms with E-state index in [1.165, 1.54) is 0 Å². The van der Waals surface area contributed by atoms with Crippen LogP contribution in [0.5, 0.6) is 0 Å². The molecule has 1 atom stereocenters. The highest BCUT2D eigenvalue weighted by Gasteiger charge is 2.34. The maximum Gasteiger partial charge on any atom is 0.180 e. The van der Waals surface area contributed by atoms with Crippen LogP contribution in [0, 0.1) is 0 Å². The van der Waals surface area contributed by atoms with Gasteiger partial charge in [0.15, 0.2) is 9.84 Å². The molecule has 0 radical (unpaired) electrons. The third-order valence-electron chi connectivity index (χ3n) is 3.67. The largest absolute Gasteiger partial charge is 0.307 e. The van der Waals surface area contributed by atoms with Gasteiger partial charge in [-0.2, -0.15) is 0 Å². The summed E-state index contributed by atoms with van der Waals surface area (Å²) < 4.78 is 24.7. The summed E-state index contributed by atoms with van der Waals surface area (Å²) >= 11 is 12.4. The van der Waals surface area contributed by atoms with E-state index in [0.717, 1.165) is 19.3 Å². The van der Waals surface area contributed by atoms with Crippen LogP contribution >= 0.6 is 23.2 Å². The molecule has 0 aromatic heterocycles. The van der Waals surface area contributed by atoms with Crippen LogP contribution in [0.2, 0.25) is 10.0 Å². The Hall–Kier alpha value is -0.290. The highest BCUT2D eigenvalue weighted by atomic mass is 35.5. The normalized spacial score (nSPS) is 25.7. The molecule has 1 aliphatic carbocycles. The van der Waals surface area contributed by atoms with Crippen LogP contribution < -0.4 is 5.32 Å². The molecule has 0 saturated heterocycles. The van der Waals surface area contributed by atoms with E-state index in [0.29, 0.717) is 23.0 Å². The Morgan fingerprint density at radius 2 is 1.79 bits per heavy atom. The zero-order chi connectivity index (χ0) is 13.6. The Morgan fingerprint density at radius 3 is 2.47 bits per heavy atom. The number of fused-ring (bicyclic) bond motifs is 1. The fraction of sp³-hybridized carbons (Fsp3) is 0.538. The van der Waals surface area contributed by atoms with Crippen molar-refractivity contribution in [2.45, 2.75) is 42.7 Å². The van der Waals surface area contributed by atoms with Crippen LogP contribution in [0.4, 0.5) is 0 Å². The van der Waals surface area contributed by atoms with Gasteiger partial charge in [-0.05, 0) is 37.8 Å². The maximum absolute atomic E-state index is 12.3. The lowest BCUT2D eigenvalue weighted by molar-refractivity contribution is 0.490. The van der Waals surface area contributed by atoms with E-state index < -0.39 is 9.84 Å². The van der Waals surface area contributed by atoms with Gasteiger partial charge in [0.1, 0.15) is 0 Å². The molecule has 0 spiro atoms. The molecule has 104 valence electrons. The van der Waals surface area contributed by atoms with Gasteiger partial charge in [-0.1, -0.05) is 23.2 Å². The summed E-state index contributed by atoms with van der Waals surface area (Å²) in [5, 5.41) is 4.26. The number of hydrogen-bond acceptors (Lipinski definition) is 3. The summed E-state index contributed by atoms with van der Waals surface area (Å²) in [5.74, 6) is 0.142. The third kappa shape index (κ3) is 2.64. The Kier molecular flexibility index (Phi) is 3.54. The molecule has 1 fully saturated rings. The quantitative estimate of drug-likeness (QED) is 0.909. The molecule has 1 heterocycles. The molecule has 1 aromatic rings. The summed E-state index contributed by atoms with van der Waals surface area (Å²) in [6.07, 6.45) is 3.71. The lowest BCUT2D eigenvalue weighted by Gasteiger charge is -2.20. The molecule has 3 rings (SSSR count). The summed E-state index contributed by atoms with van der Waals surface area (Å²) in [5.41, 5.74) is 0.665. The molecular weight excluding hydrogens is 305 g/mol. The first-order valence-corrected chi connectivity index (χ1v) is 8.86. The van der Waals surface area contributed by atoms with Crippen LogP contribution in [-0.2, 0) is 9.84 Å². The van der Waals surface area contributed by atoms with Gasteiger partial charge in [0.2, 0.25) is 0 Å². The Labute approximate surface area is 123 Å². The maximum atomic E-state index is 12.3. The fourth-order valence-corrected chi connectivity index (χ4v) is 5.18. The number of halogens is 2. The Morgan fingerprint density at radius 1 is 1.11 bits per heavy atom. The summed E-state index contributed by atoms with van der Waals surface area (Å²) in [4.78, 5) is 0.234. The number of rotatable bonds is 2. The van der Waals surface area contributed by atoms with Crippen LogP contribution in [0.3, 0.4) is 0 Å². The van der Waals surface area contributed by atoms with Crippen molar-refractivity contribution in [1.29, 1.82) is 0 Å². The van der Waals surface area contributed by atoms with Crippen LogP contribution in [0.25, 0.3) is 0 Å². The molecule has 0 bridgehead atoms. The molecular formula is C13H15Cl2NO2S. The molecule has 1 N–H and O–H groups in total. The van der Waals surface area contributed by atoms with E-state index in [9.17, 15) is 8.42 Å². The van der Waals surface area contributed by atoms with Crippen molar-refractivity contribution in [2.75, 3.05) is 5.75 Å². The topological polar surface area (TPSA) is 46.2 Å². The average Bonchev–Trinajstić information content (AvgIpc) is 3.14. The van der Waals surface area contributed by atoms with E-state index in [1.54, 1.807) is 12.1 Å². The van der Waals surface area contributed by atoms with Gasteiger partial charge < -0.3 is 5.32 Å². The monoisotopic (exact) mass is 319 g/mol. The van der Waals surface area contributed by atoms with Gasteiger partial charge in [-0.15, -0.1) is 0 Å². The van der Waals surface area contributed by atoms with Crippen molar-refractivity contribution in [3.8, 4) is 0 Å². The smallest absolute Gasteiger partial charge is 0.180 e. The second-order valence-electron chi connectivity index (χ2n) is 5.23. The second-order valence-corrected chi connectivity index (χ2v) is 8.09. The predicted molar refractivity (Wildman–Crippen MR) is 76.6 cm³/mol. The van der Waals surface area contributed by atoms with E-state index >= 15 is 0 Å². The fourth-order valence-electron chi connectivity index (χ4n) is 2.61. The number of benzene rings is 1. The molecule has 3 nitrogen and oxygen atoms in total. The molecule has 1 saturated carbocycles. The van der Waals surface area contributed by atoms with E-state index in [1.807, 2.05) is 0 Å². The third-order valence-corrected chi connectivity index (χ3v) is 6.32. The minimum atomic E-state index is -3.34. The van der Waals surface area contributed by atoms with Crippen LogP contribution in [-0.4, -0.2) is 20.2 Å².